The van der Waals surface area contributed by atoms with Crippen LogP contribution in [-0.2, 0) is 16.1 Å². The number of ether oxygens (including phenoxy) is 2. The Morgan fingerprint density at radius 2 is 2.25 bits per heavy atom. The largest absolute Gasteiger partial charge is 0.483 e. The third-order valence-electron chi connectivity index (χ3n) is 3.72. The normalized spacial score (nSPS) is 18.1. The van der Waals surface area contributed by atoms with Crippen molar-refractivity contribution in [3.63, 3.8) is 0 Å². The average molecular weight is 275 g/mol. The molecule has 0 N–H and O–H groups in total. The Morgan fingerprint density at radius 3 is 2.95 bits per heavy atom. The topological polar surface area (TPSA) is 55.8 Å². The molecule has 0 unspecified atom stereocenters. The molecular weight excluding hydrogens is 258 g/mol. The van der Waals surface area contributed by atoms with Gasteiger partial charge in [-0.2, -0.15) is 0 Å². The number of hydrogen-bond acceptors (Lipinski definition) is 4. The van der Waals surface area contributed by atoms with Crippen molar-refractivity contribution in [1.82, 2.24) is 4.90 Å². The smallest absolute Gasteiger partial charge is 0.337 e. The van der Waals surface area contributed by atoms with Crippen LogP contribution in [0.3, 0.4) is 0 Å². The molecule has 1 heterocycles. The quantitative estimate of drug-likeness (QED) is 0.786. The Labute approximate surface area is 117 Å². The van der Waals surface area contributed by atoms with Crippen LogP contribution < -0.4 is 4.74 Å². The second-order valence-corrected chi connectivity index (χ2v) is 5.32. The summed E-state index contributed by atoms with van der Waals surface area (Å²) in [6.45, 7) is 1.34. The van der Waals surface area contributed by atoms with Crippen LogP contribution in [0.1, 0.15) is 28.8 Å². The van der Waals surface area contributed by atoms with Gasteiger partial charge in [0.1, 0.15) is 5.75 Å². The van der Waals surface area contributed by atoms with E-state index in [4.69, 9.17) is 9.47 Å². The van der Waals surface area contributed by atoms with Crippen LogP contribution in [0, 0.1) is 5.92 Å². The Bertz CT molecular complexity index is 551. The van der Waals surface area contributed by atoms with Gasteiger partial charge in [0.15, 0.2) is 6.61 Å². The second kappa shape index (κ2) is 5.15. The zero-order valence-electron chi connectivity index (χ0n) is 11.4. The first-order valence-corrected chi connectivity index (χ1v) is 6.79. The number of carbonyl (C=O) groups excluding carboxylic acids is 2. The highest BCUT2D eigenvalue weighted by Gasteiger charge is 2.29. The van der Waals surface area contributed by atoms with Crippen LogP contribution in [0.5, 0.6) is 5.75 Å². The minimum atomic E-state index is -0.378. The number of benzene rings is 1. The number of esters is 1. The highest BCUT2D eigenvalue weighted by molar-refractivity contribution is 5.90. The van der Waals surface area contributed by atoms with Crippen LogP contribution >= 0.6 is 0 Å². The van der Waals surface area contributed by atoms with Gasteiger partial charge < -0.3 is 14.4 Å². The fourth-order valence-electron chi connectivity index (χ4n) is 2.39. The molecule has 0 aromatic heterocycles. The van der Waals surface area contributed by atoms with E-state index in [0.717, 1.165) is 12.1 Å². The number of carbonyl (C=O) groups is 2. The van der Waals surface area contributed by atoms with Crippen molar-refractivity contribution >= 4 is 11.9 Å². The summed E-state index contributed by atoms with van der Waals surface area (Å²) in [5.41, 5.74) is 1.34. The van der Waals surface area contributed by atoms with Crippen LogP contribution in [0.15, 0.2) is 18.2 Å². The summed E-state index contributed by atoms with van der Waals surface area (Å²) in [4.78, 5) is 25.4. The van der Waals surface area contributed by atoms with Gasteiger partial charge in [-0.05, 0) is 37.0 Å². The molecule has 0 spiro atoms. The predicted octanol–water partition coefficient (Wildman–Crippen LogP) is 1.60. The molecule has 3 rings (SSSR count). The highest BCUT2D eigenvalue weighted by Crippen LogP contribution is 2.32. The van der Waals surface area contributed by atoms with E-state index in [1.807, 2.05) is 4.90 Å². The summed E-state index contributed by atoms with van der Waals surface area (Å²) in [6, 6.07) is 5.14. The van der Waals surface area contributed by atoms with Crippen molar-refractivity contribution < 1.29 is 19.1 Å². The maximum atomic E-state index is 12.0. The highest BCUT2D eigenvalue weighted by atomic mass is 16.5. The molecule has 0 radical (unpaired) electrons. The lowest BCUT2D eigenvalue weighted by atomic mass is 10.1. The Hall–Kier alpha value is -2.04. The third kappa shape index (κ3) is 2.61. The van der Waals surface area contributed by atoms with Gasteiger partial charge in [0.25, 0.3) is 5.91 Å². The zero-order valence-corrected chi connectivity index (χ0v) is 11.4. The van der Waals surface area contributed by atoms with E-state index in [2.05, 4.69) is 0 Å². The van der Waals surface area contributed by atoms with E-state index in [0.29, 0.717) is 23.8 Å². The van der Waals surface area contributed by atoms with Gasteiger partial charge in [0.2, 0.25) is 0 Å². The second-order valence-electron chi connectivity index (χ2n) is 5.32. The third-order valence-corrected chi connectivity index (χ3v) is 3.72. The molecule has 1 aromatic carbocycles. The van der Waals surface area contributed by atoms with E-state index < -0.39 is 0 Å². The first-order chi connectivity index (χ1) is 9.67. The molecule has 5 heteroatoms. The van der Waals surface area contributed by atoms with Gasteiger partial charge in [-0.15, -0.1) is 0 Å². The number of methoxy groups -OCH3 is 1. The van der Waals surface area contributed by atoms with E-state index in [-0.39, 0.29) is 18.5 Å². The lowest BCUT2D eigenvalue weighted by Crippen LogP contribution is -2.34. The first kappa shape index (κ1) is 13.0. The summed E-state index contributed by atoms with van der Waals surface area (Å²) in [6.07, 6.45) is 2.39. The van der Waals surface area contributed by atoms with Gasteiger partial charge in [-0.3, -0.25) is 4.79 Å². The Morgan fingerprint density at radius 1 is 1.45 bits per heavy atom. The van der Waals surface area contributed by atoms with E-state index in [1.165, 1.54) is 20.0 Å². The van der Waals surface area contributed by atoms with E-state index in [1.54, 1.807) is 18.2 Å². The van der Waals surface area contributed by atoms with Gasteiger partial charge in [0, 0.05) is 18.7 Å². The summed E-state index contributed by atoms with van der Waals surface area (Å²) in [7, 11) is 1.35. The number of rotatable bonds is 3. The maximum absolute atomic E-state index is 12.0. The van der Waals surface area contributed by atoms with Crippen LogP contribution in [0.25, 0.3) is 0 Å². The van der Waals surface area contributed by atoms with Crippen molar-refractivity contribution in [1.29, 1.82) is 0 Å². The molecule has 2 aliphatic rings. The van der Waals surface area contributed by atoms with E-state index >= 15 is 0 Å². The summed E-state index contributed by atoms with van der Waals surface area (Å²) < 4.78 is 10.2. The summed E-state index contributed by atoms with van der Waals surface area (Å²) >= 11 is 0. The van der Waals surface area contributed by atoms with Crippen molar-refractivity contribution in [2.45, 2.75) is 19.4 Å². The SMILES string of the molecule is COC(=O)c1ccc2c(c1)CN(CC1CC1)C(=O)CO2. The molecule has 106 valence electrons. The number of fused-ring (bicyclic) bond motifs is 1. The zero-order chi connectivity index (χ0) is 14.1. The Balaban J connectivity index is 1.85. The number of amides is 1. The molecule has 0 saturated heterocycles. The van der Waals surface area contributed by atoms with E-state index in [9.17, 15) is 9.59 Å². The summed E-state index contributed by atoms with van der Waals surface area (Å²) in [5.74, 6) is 0.929. The van der Waals surface area contributed by atoms with Crippen LogP contribution in [0.4, 0.5) is 0 Å². The standard InChI is InChI=1S/C15H17NO4/c1-19-15(18)11-4-5-13-12(6-11)8-16(7-10-2-3-10)14(17)9-20-13/h4-6,10H,2-3,7-9H2,1H3. The van der Waals surface area contributed by atoms with Gasteiger partial charge in [0.05, 0.1) is 12.7 Å². The molecule has 1 saturated carbocycles. The van der Waals surface area contributed by atoms with Crippen molar-refractivity contribution in [3.8, 4) is 5.75 Å². The molecule has 0 bridgehead atoms. The Kier molecular flexibility index (Phi) is 3.34. The fraction of sp³-hybridized carbons (Fsp3) is 0.467. The lowest BCUT2D eigenvalue weighted by Gasteiger charge is -2.19. The summed E-state index contributed by atoms with van der Waals surface area (Å²) in [5, 5.41) is 0. The lowest BCUT2D eigenvalue weighted by molar-refractivity contribution is -0.133. The molecule has 0 atom stereocenters. The van der Waals surface area contributed by atoms with Gasteiger partial charge in [-0.25, -0.2) is 4.79 Å². The van der Waals surface area contributed by atoms with Crippen LogP contribution in [0.2, 0.25) is 0 Å². The van der Waals surface area contributed by atoms with Crippen molar-refractivity contribution in [2.24, 2.45) is 5.92 Å². The molecule has 1 fully saturated rings. The monoisotopic (exact) mass is 275 g/mol. The molecule has 1 aliphatic carbocycles. The molecule has 1 amide bonds. The molecule has 5 nitrogen and oxygen atoms in total. The van der Waals surface area contributed by atoms with Crippen molar-refractivity contribution in [2.75, 3.05) is 20.3 Å². The van der Waals surface area contributed by atoms with Crippen LogP contribution in [-0.4, -0.2) is 37.0 Å². The minimum absolute atomic E-state index is 0.00715. The fourth-order valence-corrected chi connectivity index (χ4v) is 2.39. The predicted molar refractivity (Wildman–Crippen MR) is 71.4 cm³/mol. The number of hydrogen-bond donors (Lipinski definition) is 0. The van der Waals surface area contributed by atoms with Gasteiger partial charge >= 0.3 is 5.97 Å². The maximum Gasteiger partial charge on any atom is 0.337 e. The minimum Gasteiger partial charge on any atom is -0.483 e. The van der Waals surface area contributed by atoms with Crippen molar-refractivity contribution in [3.05, 3.63) is 29.3 Å². The molecule has 1 aromatic rings. The molecule has 20 heavy (non-hydrogen) atoms. The molecule has 1 aliphatic heterocycles. The number of nitrogens with zero attached hydrogens (tertiary/aromatic N) is 1. The first-order valence-electron chi connectivity index (χ1n) is 6.79. The average Bonchev–Trinajstić information content (AvgIpc) is 3.28. The van der Waals surface area contributed by atoms with Gasteiger partial charge in [-0.1, -0.05) is 0 Å². The molecular formula is C15H17NO4.